The summed E-state index contributed by atoms with van der Waals surface area (Å²) in [4.78, 5) is 11.9. The van der Waals surface area contributed by atoms with Crippen LogP contribution in [0.1, 0.15) is 5.56 Å². The third-order valence-corrected chi connectivity index (χ3v) is 4.54. The predicted octanol–water partition coefficient (Wildman–Crippen LogP) is 1.92. The van der Waals surface area contributed by atoms with Crippen LogP contribution in [0.25, 0.3) is 0 Å². The second kappa shape index (κ2) is 7.26. The van der Waals surface area contributed by atoms with Crippen LogP contribution in [0.3, 0.4) is 0 Å². The van der Waals surface area contributed by atoms with Gasteiger partial charge in [0.1, 0.15) is 5.75 Å². The number of sulfonamides is 1. The first-order chi connectivity index (χ1) is 10.9. The number of carbonyl (C=O) groups is 1. The zero-order chi connectivity index (χ0) is 16.9. The zero-order valence-corrected chi connectivity index (χ0v) is 13.7. The first kappa shape index (κ1) is 17.0. The Labute approximate surface area is 135 Å². The molecule has 0 spiro atoms. The Kier molecular flexibility index (Phi) is 5.36. The lowest BCUT2D eigenvalue weighted by Gasteiger charge is -2.08. The van der Waals surface area contributed by atoms with E-state index in [1.807, 2.05) is 19.1 Å². The molecular weight excluding hydrogens is 316 g/mol. The third-order valence-electron chi connectivity index (χ3n) is 3.13. The lowest BCUT2D eigenvalue weighted by atomic mass is 10.2. The number of nitrogens with one attached hydrogen (secondary N) is 2. The molecule has 0 bridgehead atoms. The predicted molar refractivity (Wildman–Crippen MR) is 88.0 cm³/mol. The van der Waals surface area contributed by atoms with Crippen molar-refractivity contribution in [3.05, 3.63) is 54.1 Å². The zero-order valence-electron chi connectivity index (χ0n) is 12.9. The molecule has 0 saturated carbocycles. The molecule has 0 aliphatic heterocycles. The van der Waals surface area contributed by atoms with Gasteiger partial charge in [-0.05, 0) is 43.3 Å². The van der Waals surface area contributed by atoms with Gasteiger partial charge in [0.25, 0.3) is 0 Å². The molecule has 0 heterocycles. The van der Waals surface area contributed by atoms with Crippen molar-refractivity contribution in [1.29, 1.82) is 0 Å². The van der Waals surface area contributed by atoms with Crippen LogP contribution in [0.2, 0.25) is 0 Å². The Hall–Kier alpha value is -2.38. The van der Waals surface area contributed by atoms with Crippen LogP contribution in [0.15, 0.2) is 53.4 Å². The number of amides is 1. The molecule has 0 atom stereocenters. The molecule has 0 fully saturated rings. The first-order valence-corrected chi connectivity index (χ1v) is 8.39. The molecular formula is C16H18N2O4S. The molecule has 0 saturated heterocycles. The van der Waals surface area contributed by atoms with Crippen molar-refractivity contribution in [2.75, 3.05) is 19.0 Å². The maximum absolute atomic E-state index is 12.1. The quantitative estimate of drug-likeness (QED) is 0.845. The van der Waals surface area contributed by atoms with E-state index in [9.17, 15) is 13.2 Å². The van der Waals surface area contributed by atoms with E-state index in [0.717, 1.165) is 5.56 Å². The van der Waals surface area contributed by atoms with E-state index in [2.05, 4.69) is 10.0 Å². The molecule has 23 heavy (non-hydrogen) atoms. The molecule has 2 aromatic carbocycles. The number of benzene rings is 2. The van der Waals surface area contributed by atoms with E-state index in [1.165, 1.54) is 19.2 Å². The molecule has 2 aromatic rings. The number of ether oxygens (including phenoxy) is 1. The van der Waals surface area contributed by atoms with Crippen molar-refractivity contribution < 1.29 is 17.9 Å². The summed E-state index contributed by atoms with van der Waals surface area (Å²) in [6.45, 7) is 1.59. The van der Waals surface area contributed by atoms with Crippen LogP contribution in [-0.4, -0.2) is 28.0 Å². The van der Waals surface area contributed by atoms with E-state index in [1.54, 1.807) is 24.3 Å². The normalized spacial score (nSPS) is 11.0. The van der Waals surface area contributed by atoms with Crippen molar-refractivity contribution >= 4 is 21.6 Å². The fraction of sp³-hybridized carbons (Fsp3) is 0.188. The minimum atomic E-state index is -3.75. The summed E-state index contributed by atoms with van der Waals surface area (Å²) < 4.78 is 31.4. The summed E-state index contributed by atoms with van der Waals surface area (Å²) in [5, 5.41) is 2.63. The van der Waals surface area contributed by atoms with Crippen molar-refractivity contribution in [2.24, 2.45) is 0 Å². The van der Waals surface area contributed by atoms with Crippen molar-refractivity contribution in [3.63, 3.8) is 0 Å². The molecule has 1 amide bonds. The van der Waals surface area contributed by atoms with Gasteiger partial charge in [0, 0.05) is 5.69 Å². The Morgan fingerprint density at radius 2 is 1.65 bits per heavy atom. The molecule has 0 aliphatic carbocycles. The highest BCUT2D eigenvalue weighted by molar-refractivity contribution is 7.89. The van der Waals surface area contributed by atoms with Gasteiger partial charge in [-0.2, -0.15) is 0 Å². The second-order valence-electron chi connectivity index (χ2n) is 4.91. The number of methoxy groups -OCH3 is 1. The lowest BCUT2D eigenvalue weighted by Crippen LogP contribution is -2.32. The Bertz CT molecular complexity index is 769. The van der Waals surface area contributed by atoms with Gasteiger partial charge >= 0.3 is 0 Å². The van der Waals surface area contributed by atoms with Gasteiger partial charge < -0.3 is 10.1 Å². The number of anilines is 1. The van der Waals surface area contributed by atoms with E-state index < -0.39 is 15.9 Å². The average molecular weight is 334 g/mol. The molecule has 6 nitrogen and oxygen atoms in total. The fourth-order valence-corrected chi connectivity index (χ4v) is 2.82. The van der Waals surface area contributed by atoms with Gasteiger partial charge in [0.05, 0.1) is 18.6 Å². The second-order valence-corrected chi connectivity index (χ2v) is 6.68. The Morgan fingerprint density at radius 1 is 1.04 bits per heavy atom. The average Bonchev–Trinajstić information content (AvgIpc) is 2.55. The minimum absolute atomic E-state index is 0.0708. The summed E-state index contributed by atoms with van der Waals surface area (Å²) >= 11 is 0. The monoisotopic (exact) mass is 334 g/mol. The molecule has 122 valence electrons. The fourth-order valence-electron chi connectivity index (χ4n) is 1.84. The van der Waals surface area contributed by atoms with Crippen LogP contribution >= 0.6 is 0 Å². The van der Waals surface area contributed by atoms with Crippen molar-refractivity contribution in [3.8, 4) is 5.75 Å². The standard InChI is InChI=1S/C16H18N2O4S/c1-12-3-5-13(6-4-12)18-16(19)11-17-23(20,21)15-9-7-14(22-2)8-10-15/h3-10,17H,11H2,1-2H3,(H,18,19). The Morgan fingerprint density at radius 3 is 2.22 bits per heavy atom. The van der Waals surface area contributed by atoms with Gasteiger partial charge in [-0.25, -0.2) is 13.1 Å². The molecule has 0 unspecified atom stereocenters. The van der Waals surface area contributed by atoms with Crippen molar-refractivity contribution in [1.82, 2.24) is 4.72 Å². The summed E-state index contributed by atoms with van der Waals surface area (Å²) in [6.07, 6.45) is 0. The summed E-state index contributed by atoms with van der Waals surface area (Å²) in [6, 6.07) is 13.1. The van der Waals surface area contributed by atoms with Crippen LogP contribution < -0.4 is 14.8 Å². The van der Waals surface area contributed by atoms with Crippen LogP contribution in [0, 0.1) is 6.92 Å². The summed E-state index contributed by atoms with van der Waals surface area (Å²) in [7, 11) is -2.25. The number of carbonyl (C=O) groups excluding carboxylic acids is 1. The number of rotatable bonds is 6. The SMILES string of the molecule is COc1ccc(S(=O)(=O)NCC(=O)Nc2ccc(C)cc2)cc1. The van der Waals surface area contributed by atoms with Crippen molar-refractivity contribution in [2.45, 2.75) is 11.8 Å². The first-order valence-electron chi connectivity index (χ1n) is 6.91. The van der Waals surface area contributed by atoms with Crippen LogP contribution in [0.4, 0.5) is 5.69 Å². The van der Waals surface area contributed by atoms with Gasteiger partial charge in [-0.15, -0.1) is 0 Å². The number of hydrogen-bond donors (Lipinski definition) is 2. The topological polar surface area (TPSA) is 84.5 Å². The van der Waals surface area contributed by atoms with E-state index in [0.29, 0.717) is 11.4 Å². The third kappa shape index (κ3) is 4.80. The highest BCUT2D eigenvalue weighted by Crippen LogP contribution is 2.15. The number of hydrogen-bond acceptors (Lipinski definition) is 4. The Balaban J connectivity index is 1.95. The van der Waals surface area contributed by atoms with Crippen LogP contribution in [-0.2, 0) is 14.8 Å². The van der Waals surface area contributed by atoms with E-state index in [4.69, 9.17) is 4.74 Å². The smallest absolute Gasteiger partial charge is 0.241 e. The minimum Gasteiger partial charge on any atom is -0.497 e. The molecule has 0 aromatic heterocycles. The maximum Gasteiger partial charge on any atom is 0.241 e. The number of aryl methyl sites for hydroxylation is 1. The molecule has 0 radical (unpaired) electrons. The molecule has 2 N–H and O–H groups in total. The largest absolute Gasteiger partial charge is 0.497 e. The van der Waals surface area contributed by atoms with Gasteiger partial charge in [0.15, 0.2) is 0 Å². The van der Waals surface area contributed by atoms with Gasteiger partial charge in [-0.3, -0.25) is 4.79 Å². The lowest BCUT2D eigenvalue weighted by molar-refractivity contribution is -0.115. The highest BCUT2D eigenvalue weighted by Gasteiger charge is 2.15. The van der Waals surface area contributed by atoms with Crippen LogP contribution in [0.5, 0.6) is 5.75 Å². The molecule has 2 rings (SSSR count). The molecule has 7 heteroatoms. The van der Waals surface area contributed by atoms with E-state index in [-0.39, 0.29) is 11.4 Å². The molecule has 0 aliphatic rings. The van der Waals surface area contributed by atoms with Gasteiger partial charge in [0.2, 0.25) is 15.9 Å². The summed E-state index contributed by atoms with van der Waals surface area (Å²) in [5.74, 6) is 0.118. The highest BCUT2D eigenvalue weighted by atomic mass is 32.2. The van der Waals surface area contributed by atoms with Gasteiger partial charge in [-0.1, -0.05) is 17.7 Å². The van der Waals surface area contributed by atoms with E-state index >= 15 is 0 Å². The summed E-state index contributed by atoms with van der Waals surface area (Å²) in [5.41, 5.74) is 1.69. The maximum atomic E-state index is 12.1.